The van der Waals surface area contributed by atoms with E-state index in [2.05, 4.69) is 20.9 Å². The van der Waals surface area contributed by atoms with Gasteiger partial charge in [-0.15, -0.1) is 0 Å². The monoisotopic (exact) mass is 254 g/mol. The molecule has 2 aliphatic heterocycles. The molecule has 2 aliphatic rings. The van der Waals surface area contributed by atoms with Gasteiger partial charge in [0.2, 0.25) is 0 Å². The van der Waals surface area contributed by atoms with Gasteiger partial charge in [-0.1, -0.05) is 0 Å². The van der Waals surface area contributed by atoms with Crippen molar-refractivity contribution < 1.29 is 4.79 Å². The minimum Gasteiger partial charge on any atom is -0.338 e. The molecule has 2 heterocycles. The third-order valence-electron chi connectivity index (χ3n) is 3.86. The van der Waals surface area contributed by atoms with E-state index in [0.717, 1.165) is 32.7 Å². The first-order chi connectivity index (χ1) is 8.84. The zero-order chi connectivity index (χ0) is 12.6. The van der Waals surface area contributed by atoms with E-state index in [4.69, 9.17) is 0 Å². The lowest BCUT2D eigenvalue weighted by atomic mass is 10.00. The topological polar surface area (TPSA) is 56.4 Å². The standard InChI is InChI=1S/C13H26N4O/c18-13(15-6-9-17-7-1-2-8-17)16-11-12-4-3-5-14-10-12/h12,14H,1-11H2,(H2,15,16,18). The smallest absolute Gasteiger partial charge is 0.314 e. The van der Waals surface area contributed by atoms with Crippen molar-refractivity contribution >= 4 is 6.03 Å². The van der Waals surface area contributed by atoms with Gasteiger partial charge in [-0.2, -0.15) is 0 Å². The van der Waals surface area contributed by atoms with Crippen LogP contribution in [0.25, 0.3) is 0 Å². The number of carbonyl (C=O) groups excluding carboxylic acids is 1. The maximum absolute atomic E-state index is 11.6. The summed E-state index contributed by atoms with van der Waals surface area (Å²) < 4.78 is 0. The molecule has 0 aliphatic carbocycles. The quantitative estimate of drug-likeness (QED) is 0.665. The summed E-state index contributed by atoms with van der Waals surface area (Å²) in [6.07, 6.45) is 5.06. The first kappa shape index (κ1) is 13.6. The summed E-state index contributed by atoms with van der Waals surface area (Å²) >= 11 is 0. The average Bonchev–Trinajstić information content (AvgIpc) is 2.91. The van der Waals surface area contributed by atoms with E-state index in [1.165, 1.54) is 38.8 Å². The largest absolute Gasteiger partial charge is 0.338 e. The summed E-state index contributed by atoms with van der Waals surface area (Å²) in [7, 11) is 0. The van der Waals surface area contributed by atoms with E-state index in [0.29, 0.717) is 5.92 Å². The van der Waals surface area contributed by atoms with Gasteiger partial charge in [-0.3, -0.25) is 0 Å². The van der Waals surface area contributed by atoms with Crippen LogP contribution in [0.5, 0.6) is 0 Å². The number of nitrogens with zero attached hydrogens (tertiary/aromatic N) is 1. The number of hydrogen-bond donors (Lipinski definition) is 3. The van der Waals surface area contributed by atoms with Gasteiger partial charge in [0.05, 0.1) is 0 Å². The average molecular weight is 254 g/mol. The van der Waals surface area contributed by atoms with Crippen LogP contribution in [0.1, 0.15) is 25.7 Å². The van der Waals surface area contributed by atoms with Gasteiger partial charge < -0.3 is 20.9 Å². The lowest BCUT2D eigenvalue weighted by molar-refractivity contribution is 0.234. The highest BCUT2D eigenvalue weighted by Gasteiger charge is 2.14. The molecule has 0 radical (unpaired) electrons. The summed E-state index contributed by atoms with van der Waals surface area (Å²) in [4.78, 5) is 14.0. The number of piperidine rings is 1. The lowest BCUT2D eigenvalue weighted by Crippen LogP contribution is -2.43. The molecule has 5 heteroatoms. The zero-order valence-corrected chi connectivity index (χ0v) is 11.2. The second kappa shape index (κ2) is 7.59. The summed E-state index contributed by atoms with van der Waals surface area (Å²) in [5.74, 6) is 0.600. The molecule has 18 heavy (non-hydrogen) atoms. The van der Waals surface area contributed by atoms with Crippen molar-refractivity contribution in [2.24, 2.45) is 5.92 Å². The maximum Gasteiger partial charge on any atom is 0.314 e. The van der Waals surface area contributed by atoms with Gasteiger partial charge >= 0.3 is 6.03 Å². The molecule has 1 atom stereocenters. The van der Waals surface area contributed by atoms with Crippen molar-refractivity contribution in [3.63, 3.8) is 0 Å². The van der Waals surface area contributed by atoms with Crippen molar-refractivity contribution in [2.45, 2.75) is 25.7 Å². The summed E-state index contributed by atoms with van der Waals surface area (Å²) in [6.45, 7) is 7.08. The second-order valence-corrected chi connectivity index (χ2v) is 5.40. The van der Waals surface area contributed by atoms with Crippen LogP contribution in [0.2, 0.25) is 0 Å². The molecule has 2 fully saturated rings. The molecule has 0 spiro atoms. The van der Waals surface area contributed by atoms with Crippen LogP contribution in [0.15, 0.2) is 0 Å². The first-order valence-corrected chi connectivity index (χ1v) is 7.29. The molecule has 2 rings (SSSR count). The van der Waals surface area contributed by atoms with E-state index < -0.39 is 0 Å². The second-order valence-electron chi connectivity index (χ2n) is 5.40. The Morgan fingerprint density at radius 2 is 2.06 bits per heavy atom. The first-order valence-electron chi connectivity index (χ1n) is 7.29. The number of nitrogens with one attached hydrogen (secondary N) is 3. The Bertz CT molecular complexity index is 247. The molecule has 0 aromatic rings. The van der Waals surface area contributed by atoms with Crippen LogP contribution in [0.3, 0.4) is 0 Å². The van der Waals surface area contributed by atoms with Gasteiger partial charge in [0, 0.05) is 19.6 Å². The van der Waals surface area contributed by atoms with Crippen molar-refractivity contribution in [3.05, 3.63) is 0 Å². The minimum atomic E-state index is -0.0141. The zero-order valence-electron chi connectivity index (χ0n) is 11.2. The summed E-state index contributed by atoms with van der Waals surface area (Å²) in [5, 5.41) is 9.27. The molecule has 0 aromatic heterocycles. The minimum absolute atomic E-state index is 0.0141. The Kier molecular flexibility index (Phi) is 5.74. The highest BCUT2D eigenvalue weighted by molar-refractivity contribution is 5.73. The van der Waals surface area contributed by atoms with E-state index in [-0.39, 0.29) is 6.03 Å². The number of urea groups is 1. The molecule has 104 valence electrons. The van der Waals surface area contributed by atoms with Gasteiger partial charge in [0.25, 0.3) is 0 Å². The maximum atomic E-state index is 11.6. The highest BCUT2D eigenvalue weighted by atomic mass is 16.2. The molecule has 2 saturated heterocycles. The molecule has 2 amide bonds. The Labute approximate surface area is 110 Å². The van der Waals surface area contributed by atoms with Crippen LogP contribution < -0.4 is 16.0 Å². The fourth-order valence-electron chi connectivity index (χ4n) is 2.73. The molecule has 1 unspecified atom stereocenters. The molecule has 3 N–H and O–H groups in total. The molecule has 0 saturated carbocycles. The van der Waals surface area contributed by atoms with Crippen LogP contribution >= 0.6 is 0 Å². The normalized spacial score (nSPS) is 25.0. The predicted molar refractivity (Wildman–Crippen MR) is 72.7 cm³/mol. The van der Waals surface area contributed by atoms with E-state index in [1.54, 1.807) is 0 Å². The Morgan fingerprint density at radius 1 is 1.22 bits per heavy atom. The van der Waals surface area contributed by atoms with Crippen LogP contribution in [0, 0.1) is 5.92 Å². The number of likely N-dealkylation sites (tertiary alicyclic amines) is 1. The van der Waals surface area contributed by atoms with E-state index in [9.17, 15) is 4.79 Å². The number of hydrogen-bond acceptors (Lipinski definition) is 3. The highest BCUT2D eigenvalue weighted by Crippen LogP contribution is 2.08. The lowest BCUT2D eigenvalue weighted by Gasteiger charge is -2.23. The fourth-order valence-corrected chi connectivity index (χ4v) is 2.73. The van der Waals surface area contributed by atoms with Gasteiger partial charge in [-0.05, 0) is 57.8 Å². The Hall–Kier alpha value is -0.810. The molecular formula is C13H26N4O. The van der Waals surface area contributed by atoms with Crippen molar-refractivity contribution in [1.82, 2.24) is 20.9 Å². The third kappa shape index (κ3) is 4.82. The molecule has 0 aromatic carbocycles. The molecule has 0 bridgehead atoms. The fraction of sp³-hybridized carbons (Fsp3) is 0.923. The number of carbonyl (C=O) groups is 1. The Balaban J connectivity index is 1.49. The van der Waals surface area contributed by atoms with Crippen molar-refractivity contribution in [2.75, 3.05) is 45.8 Å². The van der Waals surface area contributed by atoms with Crippen LogP contribution in [0.4, 0.5) is 4.79 Å². The van der Waals surface area contributed by atoms with Crippen LogP contribution in [-0.4, -0.2) is 56.7 Å². The van der Waals surface area contributed by atoms with Gasteiger partial charge in [-0.25, -0.2) is 4.79 Å². The SMILES string of the molecule is O=C(NCCN1CCCC1)NCC1CCCNC1. The van der Waals surface area contributed by atoms with Crippen molar-refractivity contribution in [1.29, 1.82) is 0 Å². The number of amides is 2. The third-order valence-corrected chi connectivity index (χ3v) is 3.86. The van der Waals surface area contributed by atoms with Gasteiger partial charge in [0.15, 0.2) is 0 Å². The van der Waals surface area contributed by atoms with E-state index in [1.807, 2.05) is 0 Å². The van der Waals surface area contributed by atoms with Crippen LogP contribution in [-0.2, 0) is 0 Å². The van der Waals surface area contributed by atoms with Crippen molar-refractivity contribution in [3.8, 4) is 0 Å². The number of rotatable bonds is 5. The van der Waals surface area contributed by atoms with Gasteiger partial charge in [0.1, 0.15) is 0 Å². The molecule has 5 nitrogen and oxygen atoms in total. The Morgan fingerprint density at radius 3 is 2.78 bits per heavy atom. The molecular weight excluding hydrogens is 228 g/mol. The summed E-state index contributed by atoms with van der Waals surface area (Å²) in [6, 6.07) is -0.0141. The predicted octanol–water partition coefficient (Wildman–Crippen LogP) is 0.381. The van der Waals surface area contributed by atoms with E-state index >= 15 is 0 Å². The summed E-state index contributed by atoms with van der Waals surface area (Å²) in [5.41, 5.74) is 0.